The monoisotopic (exact) mass is 358 g/mol. The van der Waals surface area contributed by atoms with E-state index >= 15 is 0 Å². The highest BCUT2D eigenvalue weighted by molar-refractivity contribution is 5.81. The molecule has 0 aliphatic heterocycles. The number of hydrogen-bond acceptors (Lipinski definition) is 2. The minimum Gasteiger partial charge on any atom is -0.351 e. The number of benzene rings is 3. The summed E-state index contributed by atoms with van der Waals surface area (Å²) in [5, 5.41) is 6.51. The van der Waals surface area contributed by atoms with Crippen molar-refractivity contribution in [2.24, 2.45) is 0 Å². The Bertz CT molecular complexity index is 845. The second kappa shape index (κ2) is 9.15. The number of rotatable bonds is 7. The van der Waals surface area contributed by atoms with Gasteiger partial charge < -0.3 is 5.32 Å². The summed E-state index contributed by atoms with van der Waals surface area (Å²) in [6, 6.07) is 28.3. The first-order valence-electron chi connectivity index (χ1n) is 9.32. The Kier molecular flexibility index (Phi) is 6.39. The summed E-state index contributed by atoms with van der Waals surface area (Å²) in [4.78, 5) is 12.6. The maximum atomic E-state index is 12.6. The number of carbonyl (C=O) groups is 1. The van der Waals surface area contributed by atoms with E-state index in [1.807, 2.05) is 55.5 Å². The Balaban J connectivity index is 1.71. The summed E-state index contributed by atoms with van der Waals surface area (Å²) >= 11 is 0. The van der Waals surface area contributed by atoms with Crippen LogP contribution in [-0.2, 0) is 11.3 Å². The van der Waals surface area contributed by atoms with Crippen molar-refractivity contribution >= 4 is 5.91 Å². The van der Waals surface area contributed by atoms with Crippen LogP contribution in [-0.4, -0.2) is 11.9 Å². The molecule has 138 valence electrons. The predicted octanol–water partition coefficient (Wildman–Crippen LogP) is 4.38. The molecule has 2 N–H and O–H groups in total. The van der Waals surface area contributed by atoms with Crippen LogP contribution in [0.4, 0.5) is 0 Å². The number of nitrogens with one attached hydrogen (secondary N) is 2. The molecule has 3 nitrogen and oxygen atoms in total. The second-order valence-corrected chi connectivity index (χ2v) is 6.85. The molecule has 0 saturated heterocycles. The van der Waals surface area contributed by atoms with Crippen LogP contribution in [0, 0.1) is 6.92 Å². The molecule has 0 aromatic heterocycles. The van der Waals surface area contributed by atoms with Crippen LogP contribution >= 0.6 is 0 Å². The van der Waals surface area contributed by atoms with E-state index in [1.165, 1.54) is 5.56 Å². The number of amides is 1. The average Bonchev–Trinajstić information content (AvgIpc) is 2.72. The Labute approximate surface area is 161 Å². The lowest BCUT2D eigenvalue weighted by molar-refractivity contribution is -0.123. The topological polar surface area (TPSA) is 41.1 Å². The SMILES string of the molecule is Cc1ccc([C@H](N[C@@H](C)C(=O)NCc2ccccc2)c2ccccc2)cc1. The summed E-state index contributed by atoms with van der Waals surface area (Å²) in [5.74, 6) is -0.00750. The van der Waals surface area contributed by atoms with Crippen molar-refractivity contribution in [3.8, 4) is 0 Å². The largest absolute Gasteiger partial charge is 0.351 e. The van der Waals surface area contributed by atoms with Gasteiger partial charge in [-0.2, -0.15) is 0 Å². The number of carbonyl (C=O) groups excluding carboxylic acids is 1. The molecule has 3 rings (SSSR count). The molecule has 27 heavy (non-hydrogen) atoms. The molecule has 0 saturated carbocycles. The van der Waals surface area contributed by atoms with Crippen LogP contribution in [0.2, 0.25) is 0 Å². The first-order valence-corrected chi connectivity index (χ1v) is 9.32. The van der Waals surface area contributed by atoms with Crippen molar-refractivity contribution in [1.29, 1.82) is 0 Å². The van der Waals surface area contributed by atoms with Crippen LogP contribution in [0.25, 0.3) is 0 Å². The Morgan fingerprint density at radius 2 is 1.37 bits per heavy atom. The van der Waals surface area contributed by atoms with E-state index in [2.05, 4.69) is 54.0 Å². The Morgan fingerprint density at radius 3 is 2.00 bits per heavy atom. The summed E-state index contributed by atoms with van der Waals surface area (Å²) in [6.07, 6.45) is 0. The number of aryl methyl sites for hydroxylation is 1. The summed E-state index contributed by atoms with van der Waals surface area (Å²) in [5.41, 5.74) is 4.61. The molecule has 0 aliphatic rings. The van der Waals surface area contributed by atoms with Crippen LogP contribution in [0.15, 0.2) is 84.9 Å². The van der Waals surface area contributed by atoms with Gasteiger partial charge in [0.25, 0.3) is 0 Å². The molecule has 1 amide bonds. The fraction of sp³-hybridized carbons (Fsp3) is 0.208. The van der Waals surface area contributed by atoms with E-state index < -0.39 is 0 Å². The smallest absolute Gasteiger partial charge is 0.237 e. The van der Waals surface area contributed by atoms with Crippen LogP contribution < -0.4 is 10.6 Å². The molecule has 0 fully saturated rings. The molecule has 0 unspecified atom stereocenters. The molecular weight excluding hydrogens is 332 g/mol. The zero-order chi connectivity index (χ0) is 19.1. The van der Waals surface area contributed by atoms with Crippen molar-refractivity contribution in [1.82, 2.24) is 10.6 Å². The third-order valence-corrected chi connectivity index (χ3v) is 4.66. The molecule has 2 atom stereocenters. The lowest BCUT2D eigenvalue weighted by Gasteiger charge is -2.24. The fourth-order valence-electron chi connectivity index (χ4n) is 3.05. The van der Waals surface area contributed by atoms with Gasteiger partial charge in [0.2, 0.25) is 5.91 Å². The standard InChI is InChI=1S/C24H26N2O/c1-18-13-15-22(16-14-18)23(21-11-7-4-8-12-21)26-19(2)24(27)25-17-20-9-5-3-6-10-20/h3-16,19,23,26H,17H2,1-2H3,(H,25,27)/t19-,23+/m0/s1. The van der Waals surface area contributed by atoms with Crippen molar-refractivity contribution in [2.45, 2.75) is 32.5 Å². The van der Waals surface area contributed by atoms with E-state index in [0.717, 1.165) is 16.7 Å². The van der Waals surface area contributed by atoms with Gasteiger partial charge in [-0.25, -0.2) is 0 Å². The quantitative estimate of drug-likeness (QED) is 0.658. The zero-order valence-electron chi connectivity index (χ0n) is 15.9. The fourth-order valence-corrected chi connectivity index (χ4v) is 3.05. The molecule has 3 heteroatoms. The first kappa shape index (κ1) is 18.9. The summed E-state index contributed by atoms with van der Waals surface area (Å²) < 4.78 is 0. The van der Waals surface area contributed by atoms with Crippen molar-refractivity contribution in [3.05, 3.63) is 107 Å². The third-order valence-electron chi connectivity index (χ3n) is 4.66. The molecule has 0 radical (unpaired) electrons. The minimum absolute atomic E-state index is 0.00750. The van der Waals surface area contributed by atoms with Gasteiger partial charge in [0.15, 0.2) is 0 Å². The van der Waals surface area contributed by atoms with Gasteiger partial charge in [0, 0.05) is 6.54 Å². The molecule has 0 aliphatic carbocycles. The highest BCUT2D eigenvalue weighted by Gasteiger charge is 2.20. The van der Waals surface area contributed by atoms with Gasteiger partial charge >= 0.3 is 0 Å². The van der Waals surface area contributed by atoms with Gasteiger partial charge in [-0.1, -0.05) is 90.5 Å². The maximum Gasteiger partial charge on any atom is 0.237 e. The molecular formula is C24H26N2O. The summed E-state index contributed by atoms with van der Waals surface area (Å²) in [7, 11) is 0. The van der Waals surface area contributed by atoms with Crippen LogP contribution in [0.5, 0.6) is 0 Å². The van der Waals surface area contributed by atoms with E-state index in [1.54, 1.807) is 0 Å². The zero-order valence-corrected chi connectivity index (χ0v) is 15.9. The van der Waals surface area contributed by atoms with Crippen molar-refractivity contribution < 1.29 is 4.79 Å². The van der Waals surface area contributed by atoms with E-state index in [4.69, 9.17) is 0 Å². The van der Waals surface area contributed by atoms with Gasteiger partial charge in [0.05, 0.1) is 12.1 Å². The van der Waals surface area contributed by atoms with E-state index in [9.17, 15) is 4.79 Å². The van der Waals surface area contributed by atoms with Gasteiger partial charge in [-0.05, 0) is 30.5 Å². The minimum atomic E-state index is -0.319. The number of hydrogen-bond donors (Lipinski definition) is 2. The predicted molar refractivity (Wildman–Crippen MR) is 110 cm³/mol. The van der Waals surface area contributed by atoms with E-state index in [-0.39, 0.29) is 18.0 Å². The van der Waals surface area contributed by atoms with Gasteiger partial charge in [-0.15, -0.1) is 0 Å². The maximum absolute atomic E-state index is 12.6. The van der Waals surface area contributed by atoms with Gasteiger partial charge in [0.1, 0.15) is 0 Å². The van der Waals surface area contributed by atoms with E-state index in [0.29, 0.717) is 6.54 Å². The molecule has 0 heterocycles. The Hall–Kier alpha value is -2.91. The summed E-state index contributed by atoms with van der Waals surface area (Å²) in [6.45, 7) is 4.52. The lowest BCUT2D eigenvalue weighted by atomic mass is 9.97. The normalized spacial score (nSPS) is 13.0. The Morgan fingerprint density at radius 1 is 0.815 bits per heavy atom. The molecule has 0 spiro atoms. The van der Waals surface area contributed by atoms with Gasteiger partial charge in [-0.3, -0.25) is 10.1 Å². The average molecular weight is 358 g/mol. The lowest BCUT2D eigenvalue weighted by Crippen LogP contribution is -2.43. The highest BCUT2D eigenvalue weighted by atomic mass is 16.2. The molecule has 0 bridgehead atoms. The third kappa shape index (κ3) is 5.28. The first-order chi connectivity index (χ1) is 13.1. The van der Waals surface area contributed by atoms with Crippen LogP contribution in [0.3, 0.4) is 0 Å². The molecule has 3 aromatic rings. The highest BCUT2D eigenvalue weighted by Crippen LogP contribution is 2.23. The molecule has 3 aromatic carbocycles. The van der Waals surface area contributed by atoms with Crippen molar-refractivity contribution in [3.63, 3.8) is 0 Å². The van der Waals surface area contributed by atoms with Crippen LogP contribution in [0.1, 0.15) is 35.2 Å². The second-order valence-electron chi connectivity index (χ2n) is 6.85. The van der Waals surface area contributed by atoms with Crippen molar-refractivity contribution in [2.75, 3.05) is 0 Å².